The summed E-state index contributed by atoms with van der Waals surface area (Å²) in [6.45, 7) is 8.15. The van der Waals surface area contributed by atoms with E-state index in [1.54, 1.807) is 18.4 Å². The molecule has 0 aliphatic carbocycles. The van der Waals surface area contributed by atoms with Crippen molar-refractivity contribution in [3.63, 3.8) is 0 Å². The Balaban J connectivity index is -0.000000423. The van der Waals surface area contributed by atoms with Crippen molar-refractivity contribution in [2.45, 2.75) is 55.4 Å². The van der Waals surface area contributed by atoms with Gasteiger partial charge in [0, 0.05) is 43.3 Å². The van der Waals surface area contributed by atoms with E-state index in [0.29, 0.717) is 11.6 Å². The zero-order valence-corrected chi connectivity index (χ0v) is 21.2. The standard InChI is InChI=1S/C13H13NO.C8H10O.C2H6.2CH4.I2/c1-2-12-10-15-13(14-12)9-8-11-6-4-3-5-7-11;1-2-7-3-5-8(9)6-4-7;1-2;;;1-2/h3-10H,2H2,1H3;3-6,9H,2H2,1H3;1-2H3;2*1H4;. The highest BCUT2D eigenvalue weighted by Gasteiger charge is 1.97. The lowest BCUT2D eigenvalue weighted by Crippen LogP contribution is -1.78. The summed E-state index contributed by atoms with van der Waals surface area (Å²) in [5.74, 6) is 1.00. The summed E-state index contributed by atoms with van der Waals surface area (Å²) in [7, 11) is 0. The smallest absolute Gasteiger partial charge is 0.218 e. The van der Waals surface area contributed by atoms with E-state index in [9.17, 15) is 0 Å². The molecule has 1 aromatic heterocycles. The van der Waals surface area contributed by atoms with Crippen LogP contribution in [-0.2, 0) is 12.8 Å². The van der Waals surface area contributed by atoms with Crippen LogP contribution in [0.15, 0.2) is 65.3 Å². The van der Waals surface area contributed by atoms with Crippen molar-refractivity contribution in [3.8, 4) is 5.75 Å². The minimum Gasteiger partial charge on any atom is -0.508 e. The largest absolute Gasteiger partial charge is 0.508 e. The summed E-state index contributed by atoms with van der Waals surface area (Å²) < 4.78 is 5.28. The summed E-state index contributed by atoms with van der Waals surface area (Å²) in [5, 5.41) is 8.85. The fourth-order valence-corrected chi connectivity index (χ4v) is 2.02. The summed E-state index contributed by atoms with van der Waals surface area (Å²) in [6.07, 6.45) is 7.51. The Morgan fingerprint density at radius 1 is 0.867 bits per heavy atom. The fraction of sp³-hybridized carbons (Fsp3) is 0.320. The van der Waals surface area contributed by atoms with Crippen LogP contribution in [0.1, 0.15) is 65.3 Å². The molecule has 0 atom stereocenters. The number of hydrogen-bond donors (Lipinski definition) is 1. The Labute approximate surface area is 207 Å². The van der Waals surface area contributed by atoms with Crippen molar-refractivity contribution < 1.29 is 9.52 Å². The van der Waals surface area contributed by atoms with Crippen LogP contribution in [0.3, 0.4) is 0 Å². The van der Waals surface area contributed by atoms with Gasteiger partial charge in [-0.15, -0.1) is 0 Å². The number of rotatable bonds is 4. The molecule has 0 saturated carbocycles. The van der Waals surface area contributed by atoms with Gasteiger partial charge in [0.15, 0.2) is 0 Å². The first-order valence-corrected chi connectivity index (χ1v) is 15.6. The number of oxazole rings is 1. The predicted molar refractivity (Wildman–Crippen MR) is 152 cm³/mol. The SMILES string of the molecule is C.C.CC.CCc1ccc(O)cc1.CCc1coc(C=Cc2ccccc2)n1.II. The first-order chi connectivity index (χ1) is 13.7. The third-order valence-corrected chi connectivity index (χ3v) is 3.49. The highest BCUT2D eigenvalue weighted by atomic mass is 128. The van der Waals surface area contributed by atoms with Crippen LogP contribution in [0.25, 0.3) is 12.2 Å². The van der Waals surface area contributed by atoms with Gasteiger partial charge in [0.05, 0.1) is 5.69 Å². The maximum absolute atomic E-state index is 8.85. The molecule has 0 amide bonds. The highest BCUT2D eigenvalue weighted by Crippen LogP contribution is 2.09. The predicted octanol–water partition coefficient (Wildman–Crippen LogP) is 9.43. The molecular formula is C25H37I2NO2. The third kappa shape index (κ3) is 14.6. The lowest BCUT2D eigenvalue weighted by molar-refractivity contribution is 0.475. The van der Waals surface area contributed by atoms with Crippen molar-refractivity contribution in [2.24, 2.45) is 0 Å². The van der Waals surface area contributed by atoms with E-state index in [2.05, 4.69) is 56.1 Å². The molecule has 1 heterocycles. The molecule has 0 bridgehead atoms. The number of aromatic hydroxyl groups is 1. The quantitative estimate of drug-likeness (QED) is 0.290. The zero-order valence-electron chi connectivity index (χ0n) is 16.9. The Morgan fingerprint density at radius 2 is 1.43 bits per heavy atom. The Kier molecular flexibility index (Phi) is 24.8. The number of hydrogen-bond acceptors (Lipinski definition) is 3. The normalized spacial score (nSPS) is 8.73. The van der Waals surface area contributed by atoms with Gasteiger partial charge in [-0.25, -0.2) is 4.98 Å². The molecule has 3 rings (SSSR count). The van der Waals surface area contributed by atoms with E-state index in [-0.39, 0.29) is 14.9 Å². The van der Waals surface area contributed by atoms with Crippen LogP contribution < -0.4 is 0 Å². The van der Waals surface area contributed by atoms with Crippen molar-refractivity contribution in [1.29, 1.82) is 0 Å². The lowest BCUT2D eigenvalue weighted by atomic mass is 10.2. The number of halogens is 2. The monoisotopic (exact) mass is 637 g/mol. The van der Waals surface area contributed by atoms with Gasteiger partial charge in [-0.2, -0.15) is 0 Å². The molecule has 0 radical (unpaired) electrons. The second kappa shape index (κ2) is 22.3. The summed E-state index contributed by atoms with van der Waals surface area (Å²) in [5.41, 5.74) is 3.39. The average molecular weight is 637 g/mol. The van der Waals surface area contributed by atoms with Gasteiger partial charge in [-0.1, -0.05) is 85.0 Å². The van der Waals surface area contributed by atoms with E-state index < -0.39 is 0 Å². The Hall–Kier alpha value is -1.35. The number of nitrogens with zero attached hydrogens (tertiary/aromatic N) is 1. The third-order valence-electron chi connectivity index (χ3n) is 3.49. The van der Waals surface area contributed by atoms with Crippen molar-refractivity contribution in [2.75, 3.05) is 0 Å². The molecule has 0 fully saturated rings. The molecule has 5 heteroatoms. The molecule has 0 spiro atoms. The van der Waals surface area contributed by atoms with Gasteiger partial charge < -0.3 is 9.52 Å². The minimum atomic E-state index is 0. The number of phenols is 1. The molecule has 0 aliphatic heterocycles. The van der Waals surface area contributed by atoms with Crippen LogP contribution in [0.2, 0.25) is 0 Å². The van der Waals surface area contributed by atoms with Gasteiger partial charge in [0.1, 0.15) is 12.0 Å². The second-order valence-corrected chi connectivity index (χ2v) is 5.29. The van der Waals surface area contributed by atoms with Crippen molar-refractivity contribution in [1.82, 2.24) is 4.98 Å². The first-order valence-electron chi connectivity index (χ1n) is 9.31. The lowest BCUT2D eigenvalue weighted by Gasteiger charge is -1.93. The van der Waals surface area contributed by atoms with E-state index in [0.717, 1.165) is 24.1 Å². The highest BCUT2D eigenvalue weighted by molar-refractivity contribution is 15.0. The van der Waals surface area contributed by atoms with Gasteiger partial charge in [-0.3, -0.25) is 0 Å². The topological polar surface area (TPSA) is 46.3 Å². The van der Waals surface area contributed by atoms with Crippen molar-refractivity contribution in [3.05, 3.63) is 83.6 Å². The number of aryl methyl sites for hydroxylation is 2. The van der Waals surface area contributed by atoms with Crippen molar-refractivity contribution >= 4 is 49.4 Å². The number of benzene rings is 2. The van der Waals surface area contributed by atoms with E-state index in [4.69, 9.17) is 9.52 Å². The summed E-state index contributed by atoms with van der Waals surface area (Å²) in [6, 6.07) is 17.4. The van der Waals surface area contributed by atoms with Crippen LogP contribution in [0, 0.1) is 0 Å². The van der Waals surface area contributed by atoms with Crippen LogP contribution in [0.4, 0.5) is 0 Å². The van der Waals surface area contributed by atoms with Gasteiger partial charge in [0.25, 0.3) is 0 Å². The summed E-state index contributed by atoms with van der Waals surface area (Å²) >= 11 is 4.24. The van der Waals surface area contributed by atoms with E-state index >= 15 is 0 Å². The molecule has 0 unspecified atom stereocenters. The molecular weight excluding hydrogens is 600 g/mol. The molecule has 2 aromatic carbocycles. The van der Waals surface area contributed by atoms with E-state index in [1.807, 2.05) is 68.5 Å². The maximum Gasteiger partial charge on any atom is 0.218 e. The number of phenolic OH excluding ortho intramolecular Hbond substituents is 1. The van der Waals surface area contributed by atoms with E-state index in [1.165, 1.54) is 5.56 Å². The van der Waals surface area contributed by atoms with Crippen LogP contribution >= 0.6 is 37.2 Å². The van der Waals surface area contributed by atoms with Crippen LogP contribution in [0.5, 0.6) is 5.75 Å². The fourth-order valence-electron chi connectivity index (χ4n) is 2.02. The number of aromatic nitrogens is 1. The van der Waals surface area contributed by atoms with Gasteiger partial charge in [0.2, 0.25) is 5.89 Å². The molecule has 0 aliphatic rings. The van der Waals surface area contributed by atoms with Crippen LogP contribution in [-0.4, -0.2) is 10.1 Å². The van der Waals surface area contributed by atoms with Gasteiger partial charge >= 0.3 is 0 Å². The maximum atomic E-state index is 8.85. The minimum absolute atomic E-state index is 0. The Morgan fingerprint density at radius 3 is 1.90 bits per heavy atom. The zero-order chi connectivity index (χ0) is 21.2. The summed E-state index contributed by atoms with van der Waals surface area (Å²) in [4.78, 5) is 4.29. The average Bonchev–Trinajstić information content (AvgIpc) is 3.25. The molecule has 1 N–H and O–H groups in total. The second-order valence-electron chi connectivity index (χ2n) is 5.29. The Bertz CT molecular complexity index is 754. The van der Waals surface area contributed by atoms with Gasteiger partial charge in [-0.05, 0) is 42.2 Å². The molecule has 3 nitrogen and oxygen atoms in total. The molecule has 30 heavy (non-hydrogen) atoms. The molecule has 0 saturated heterocycles. The molecule has 3 aromatic rings. The first kappa shape index (κ1) is 33.3. The molecule has 168 valence electrons.